The lowest BCUT2D eigenvalue weighted by molar-refractivity contribution is 0.0322. The quantitative estimate of drug-likeness (QED) is 0.479. The largest absolute Gasteiger partial charge is 0.492 e. The minimum atomic E-state index is -3.58. The van der Waals surface area contributed by atoms with Crippen molar-refractivity contribution in [3.63, 3.8) is 0 Å². The average Bonchev–Trinajstić information content (AvgIpc) is 2.65. The number of rotatable bonds is 9. The molecule has 0 aromatic heterocycles. The van der Waals surface area contributed by atoms with Crippen molar-refractivity contribution in [2.45, 2.75) is 5.37 Å². The Morgan fingerprint density at radius 3 is 2.74 bits per heavy atom. The van der Waals surface area contributed by atoms with E-state index in [1.165, 1.54) is 18.2 Å². The van der Waals surface area contributed by atoms with Gasteiger partial charge in [0.1, 0.15) is 24.3 Å². The van der Waals surface area contributed by atoms with E-state index in [4.69, 9.17) is 19.9 Å². The van der Waals surface area contributed by atoms with Crippen molar-refractivity contribution in [1.29, 1.82) is 0 Å². The lowest BCUT2D eigenvalue weighted by Gasteiger charge is -2.26. The SMILES string of the molecule is C=CCOC(=O)c1ccc(OCCN2CCOCC2)c(C(N)S(C)(=O)=O)c1. The van der Waals surface area contributed by atoms with Crippen LogP contribution >= 0.6 is 0 Å². The number of benzene rings is 1. The van der Waals surface area contributed by atoms with Gasteiger partial charge in [0.05, 0.1) is 18.8 Å². The number of sulfone groups is 1. The van der Waals surface area contributed by atoms with E-state index < -0.39 is 21.2 Å². The van der Waals surface area contributed by atoms with E-state index in [1.807, 2.05) is 0 Å². The van der Waals surface area contributed by atoms with Gasteiger partial charge in [0.25, 0.3) is 0 Å². The van der Waals surface area contributed by atoms with Gasteiger partial charge in [-0.15, -0.1) is 0 Å². The van der Waals surface area contributed by atoms with Crippen LogP contribution in [0.5, 0.6) is 5.75 Å². The van der Waals surface area contributed by atoms with Gasteiger partial charge in [-0.1, -0.05) is 12.7 Å². The van der Waals surface area contributed by atoms with Crippen LogP contribution in [0.15, 0.2) is 30.9 Å². The summed E-state index contributed by atoms with van der Waals surface area (Å²) in [5.74, 6) is -0.252. The van der Waals surface area contributed by atoms with Gasteiger partial charge < -0.3 is 19.9 Å². The van der Waals surface area contributed by atoms with E-state index >= 15 is 0 Å². The Balaban J connectivity index is 2.15. The molecule has 1 aromatic rings. The summed E-state index contributed by atoms with van der Waals surface area (Å²) in [4.78, 5) is 14.2. The molecule has 1 aliphatic rings. The van der Waals surface area contributed by atoms with Crippen molar-refractivity contribution in [2.75, 3.05) is 52.3 Å². The van der Waals surface area contributed by atoms with Crippen LogP contribution in [0, 0.1) is 0 Å². The minimum Gasteiger partial charge on any atom is -0.492 e. The minimum absolute atomic E-state index is 0.0596. The monoisotopic (exact) mass is 398 g/mol. The van der Waals surface area contributed by atoms with Crippen molar-refractivity contribution in [3.8, 4) is 5.75 Å². The summed E-state index contributed by atoms with van der Waals surface area (Å²) in [6, 6.07) is 4.47. The number of hydrogen-bond donors (Lipinski definition) is 1. The Hall–Kier alpha value is -1.94. The van der Waals surface area contributed by atoms with Crippen molar-refractivity contribution < 1.29 is 27.4 Å². The molecule has 1 unspecified atom stereocenters. The molecule has 1 fully saturated rings. The first-order valence-electron chi connectivity index (χ1n) is 8.62. The lowest BCUT2D eigenvalue weighted by atomic mass is 10.1. The number of ether oxygens (including phenoxy) is 3. The molecule has 0 spiro atoms. The van der Waals surface area contributed by atoms with Crippen molar-refractivity contribution in [1.82, 2.24) is 4.90 Å². The summed E-state index contributed by atoms with van der Waals surface area (Å²) in [5, 5.41) is -1.30. The maximum atomic E-state index is 12.0. The normalized spacial score (nSPS) is 16.5. The topological polar surface area (TPSA) is 108 Å². The van der Waals surface area contributed by atoms with Crippen molar-refractivity contribution >= 4 is 15.8 Å². The number of esters is 1. The first-order valence-corrected chi connectivity index (χ1v) is 10.6. The van der Waals surface area contributed by atoms with Crippen molar-refractivity contribution in [2.24, 2.45) is 5.73 Å². The zero-order valence-corrected chi connectivity index (χ0v) is 16.2. The average molecular weight is 398 g/mol. The molecule has 1 saturated heterocycles. The van der Waals surface area contributed by atoms with Gasteiger partial charge in [0.2, 0.25) is 0 Å². The lowest BCUT2D eigenvalue weighted by Crippen LogP contribution is -2.38. The summed E-state index contributed by atoms with van der Waals surface area (Å²) in [6.45, 7) is 7.61. The fourth-order valence-electron chi connectivity index (χ4n) is 2.59. The number of carbonyl (C=O) groups excluding carboxylic acids is 1. The molecule has 0 saturated carbocycles. The molecule has 0 aliphatic carbocycles. The highest BCUT2D eigenvalue weighted by Gasteiger charge is 2.24. The molecule has 1 atom stereocenters. The van der Waals surface area contributed by atoms with Crippen LogP contribution < -0.4 is 10.5 Å². The molecule has 150 valence electrons. The fraction of sp³-hybridized carbons (Fsp3) is 0.500. The maximum Gasteiger partial charge on any atom is 0.338 e. The third-order valence-electron chi connectivity index (χ3n) is 4.11. The second kappa shape index (κ2) is 9.84. The Bertz CT molecular complexity index is 759. The molecule has 1 heterocycles. The third-order valence-corrected chi connectivity index (χ3v) is 5.29. The van der Waals surface area contributed by atoms with E-state index in [1.54, 1.807) is 6.07 Å². The molecule has 8 nitrogen and oxygen atoms in total. The van der Waals surface area contributed by atoms with Gasteiger partial charge in [-0.3, -0.25) is 4.90 Å². The van der Waals surface area contributed by atoms with Crippen LogP contribution in [0.1, 0.15) is 21.3 Å². The molecule has 0 radical (unpaired) electrons. The van der Waals surface area contributed by atoms with E-state index in [-0.39, 0.29) is 17.7 Å². The van der Waals surface area contributed by atoms with Gasteiger partial charge in [-0.05, 0) is 18.2 Å². The smallest absolute Gasteiger partial charge is 0.338 e. The Morgan fingerprint density at radius 2 is 2.11 bits per heavy atom. The van der Waals surface area contributed by atoms with Crippen LogP contribution in [0.3, 0.4) is 0 Å². The molecule has 0 amide bonds. The summed E-state index contributed by atoms with van der Waals surface area (Å²) >= 11 is 0. The highest BCUT2D eigenvalue weighted by molar-refractivity contribution is 7.90. The molecule has 2 N–H and O–H groups in total. The standard InChI is InChI=1S/C18H26N2O6S/c1-3-9-26-18(21)14-4-5-16(15(13-14)17(19)27(2,22)23)25-12-8-20-6-10-24-11-7-20/h3-5,13,17H,1,6-12,19H2,2H3. The molecule has 1 aromatic carbocycles. The highest BCUT2D eigenvalue weighted by Crippen LogP contribution is 2.28. The summed E-state index contributed by atoms with van der Waals surface area (Å²) in [6.07, 6.45) is 2.49. The number of hydrogen-bond acceptors (Lipinski definition) is 8. The van der Waals surface area contributed by atoms with Gasteiger partial charge in [0, 0.05) is 31.5 Å². The molecular weight excluding hydrogens is 372 g/mol. The molecule has 0 bridgehead atoms. The van der Waals surface area contributed by atoms with Gasteiger partial charge >= 0.3 is 5.97 Å². The van der Waals surface area contributed by atoms with E-state index in [2.05, 4.69) is 11.5 Å². The number of nitrogens with two attached hydrogens (primary N) is 1. The second-order valence-electron chi connectivity index (χ2n) is 6.19. The van der Waals surface area contributed by atoms with Crippen LogP contribution in [0.25, 0.3) is 0 Å². The van der Waals surface area contributed by atoms with Crippen LogP contribution in [0.2, 0.25) is 0 Å². The summed E-state index contributed by atoms with van der Waals surface area (Å²) in [5.41, 5.74) is 6.32. The van der Waals surface area contributed by atoms with Crippen molar-refractivity contribution in [3.05, 3.63) is 42.0 Å². The van der Waals surface area contributed by atoms with E-state index in [0.717, 1.165) is 19.3 Å². The molecule has 1 aliphatic heterocycles. The predicted octanol–water partition coefficient (Wildman–Crippen LogP) is 0.742. The maximum absolute atomic E-state index is 12.0. The third kappa shape index (κ3) is 6.31. The highest BCUT2D eigenvalue weighted by atomic mass is 32.2. The zero-order chi connectivity index (χ0) is 19.9. The first kappa shape index (κ1) is 21.4. The molecule has 2 rings (SSSR count). The summed E-state index contributed by atoms with van der Waals surface area (Å²) < 4.78 is 39.9. The fourth-order valence-corrected chi connectivity index (χ4v) is 3.23. The second-order valence-corrected chi connectivity index (χ2v) is 8.36. The number of nitrogens with zero attached hydrogens (tertiary/aromatic N) is 1. The van der Waals surface area contributed by atoms with Crippen LogP contribution in [0.4, 0.5) is 0 Å². The Morgan fingerprint density at radius 1 is 1.41 bits per heavy atom. The van der Waals surface area contributed by atoms with E-state index in [0.29, 0.717) is 32.1 Å². The number of morpholine rings is 1. The first-order chi connectivity index (χ1) is 12.8. The zero-order valence-electron chi connectivity index (χ0n) is 15.4. The predicted molar refractivity (Wildman–Crippen MR) is 101 cm³/mol. The van der Waals surface area contributed by atoms with Crippen LogP contribution in [-0.4, -0.2) is 71.6 Å². The summed E-state index contributed by atoms with van der Waals surface area (Å²) in [7, 11) is -3.58. The number of carbonyl (C=O) groups is 1. The van der Waals surface area contributed by atoms with Gasteiger partial charge in [-0.25, -0.2) is 13.2 Å². The van der Waals surface area contributed by atoms with Gasteiger partial charge in [0.15, 0.2) is 9.84 Å². The Kier molecular flexibility index (Phi) is 7.78. The Labute approximate surface area is 159 Å². The van der Waals surface area contributed by atoms with E-state index in [9.17, 15) is 13.2 Å². The molecule has 27 heavy (non-hydrogen) atoms. The molecule has 9 heteroatoms. The van der Waals surface area contributed by atoms with Crippen LogP contribution in [-0.2, 0) is 19.3 Å². The molecular formula is C18H26N2O6S. The van der Waals surface area contributed by atoms with Gasteiger partial charge in [-0.2, -0.15) is 0 Å².